The van der Waals surface area contributed by atoms with Gasteiger partial charge in [-0.2, -0.15) is 0 Å². The van der Waals surface area contributed by atoms with E-state index in [1.54, 1.807) is 0 Å². The number of nitrogens with one attached hydrogen (secondary N) is 1. The molecule has 6 heteroatoms. The minimum absolute atomic E-state index is 0. The van der Waals surface area contributed by atoms with Crippen molar-refractivity contribution in [1.82, 2.24) is 15.4 Å². The summed E-state index contributed by atoms with van der Waals surface area (Å²) in [5.41, 5.74) is 2.22. The summed E-state index contributed by atoms with van der Waals surface area (Å²) in [6.45, 7) is 7.22. The summed E-state index contributed by atoms with van der Waals surface area (Å²) in [4.78, 5) is 6.94. The topological polar surface area (TPSA) is 53.7 Å². The quantitative estimate of drug-likeness (QED) is 0.453. The Labute approximate surface area is 156 Å². The molecule has 5 nitrogen and oxygen atoms in total. The predicted molar refractivity (Wildman–Crippen MR) is 103 cm³/mol. The maximum Gasteiger partial charge on any atom is 0.193 e. The van der Waals surface area contributed by atoms with Crippen molar-refractivity contribution in [2.75, 3.05) is 26.7 Å². The smallest absolute Gasteiger partial charge is 0.193 e. The van der Waals surface area contributed by atoms with Crippen LogP contribution in [-0.2, 0) is 6.42 Å². The molecular weight excluding hydrogens is 403 g/mol. The van der Waals surface area contributed by atoms with E-state index in [9.17, 15) is 0 Å². The fourth-order valence-electron chi connectivity index (χ4n) is 4.07. The molecule has 0 bridgehead atoms. The van der Waals surface area contributed by atoms with Crippen molar-refractivity contribution < 1.29 is 4.52 Å². The Balaban J connectivity index is 0.00000192. The number of aryl methyl sites for hydroxylation is 2. The lowest BCUT2D eigenvalue weighted by atomic mass is 9.82. The highest BCUT2D eigenvalue weighted by atomic mass is 127. The first-order valence-electron chi connectivity index (χ1n) is 8.56. The number of nitrogens with zero attached hydrogens (tertiary/aromatic N) is 3. The van der Waals surface area contributed by atoms with Gasteiger partial charge in [0.25, 0.3) is 0 Å². The first kappa shape index (κ1) is 18.5. The molecule has 2 atom stereocenters. The monoisotopic (exact) mass is 432 g/mol. The number of guanidine groups is 1. The SMILES string of the molecule is CN=C(NCCc1c(C)noc1C)N1CC2CCCCC2C1.I. The number of hydrogen-bond donors (Lipinski definition) is 1. The van der Waals surface area contributed by atoms with E-state index in [0.717, 1.165) is 42.2 Å². The van der Waals surface area contributed by atoms with Gasteiger partial charge in [0.2, 0.25) is 0 Å². The largest absolute Gasteiger partial charge is 0.361 e. The zero-order valence-corrected chi connectivity index (χ0v) is 16.8. The van der Waals surface area contributed by atoms with E-state index in [0.29, 0.717) is 0 Å². The highest BCUT2D eigenvalue weighted by molar-refractivity contribution is 14.0. The first-order chi connectivity index (χ1) is 10.7. The van der Waals surface area contributed by atoms with Gasteiger partial charge in [-0.15, -0.1) is 24.0 Å². The summed E-state index contributed by atoms with van der Waals surface area (Å²) in [7, 11) is 1.89. The molecule has 0 aromatic carbocycles. The molecule has 130 valence electrons. The Kier molecular flexibility index (Phi) is 6.73. The third-order valence-corrected chi connectivity index (χ3v) is 5.33. The summed E-state index contributed by atoms with van der Waals surface area (Å²) in [5.74, 6) is 3.76. The van der Waals surface area contributed by atoms with Gasteiger partial charge in [-0.3, -0.25) is 4.99 Å². The molecule has 1 saturated carbocycles. The van der Waals surface area contributed by atoms with Gasteiger partial charge in [0.05, 0.1) is 5.69 Å². The molecule has 3 rings (SSSR count). The molecule has 0 radical (unpaired) electrons. The Hall–Kier alpha value is -0.790. The van der Waals surface area contributed by atoms with Crippen molar-refractivity contribution in [3.05, 3.63) is 17.0 Å². The van der Waals surface area contributed by atoms with Crippen LogP contribution in [0.15, 0.2) is 9.52 Å². The minimum Gasteiger partial charge on any atom is -0.361 e. The standard InChI is InChI=1S/C17H28N4O.HI/c1-12-16(13(2)22-20-12)8-9-19-17(18-3)21-10-14-6-4-5-7-15(14)11-21;/h14-15H,4-11H2,1-3H3,(H,18,19);1H. The number of hydrogen-bond acceptors (Lipinski definition) is 3. The summed E-state index contributed by atoms with van der Waals surface area (Å²) >= 11 is 0. The second-order valence-electron chi connectivity index (χ2n) is 6.74. The number of halogens is 1. The minimum atomic E-state index is 0. The zero-order valence-electron chi connectivity index (χ0n) is 14.5. The molecule has 1 N–H and O–H groups in total. The third-order valence-electron chi connectivity index (χ3n) is 5.33. The molecule has 1 aliphatic carbocycles. The van der Waals surface area contributed by atoms with Crippen molar-refractivity contribution in [2.45, 2.75) is 46.0 Å². The number of fused-ring (bicyclic) bond motifs is 1. The van der Waals surface area contributed by atoms with Gasteiger partial charge in [-0.05, 0) is 44.9 Å². The molecule has 0 amide bonds. The van der Waals surface area contributed by atoms with Crippen molar-refractivity contribution in [2.24, 2.45) is 16.8 Å². The van der Waals surface area contributed by atoms with Gasteiger partial charge < -0.3 is 14.7 Å². The van der Waals surface area contributed by atoms with Crippen LogP contribution in [0.2, 0.25) is 0 Å². The molecule has 2 unspecified atom stereocenters. The summed E-state index contributed by atoms with van der Waals surface area (Å²) in [6.07, 6.45) is 6.55. The van der Waals surface area contributed by atoms with E-state index in [4.69, 9.17) is 4.52 Å². The van der Waals surface area contributed by atoms with E-state index in [1.807, 2.05) is 20.9 Å². The average Bonchev–Trinajstić information content (AvgIpc) is 3.08. The number of aromatic nitrogens is 1. The van der Waals surface area contributed by atoms with Crippen molar-refractivity contribution in [3.8, 4) is 0 Å². The van der Waals surface area contributed by atoms with Crippen LogP contribution in [0, 0.1) is 25.7 Å². The number of aliphatic imine (C=N–C) groups is 1. The van der Waals surface area contributed by atoms with Crippen LogP contribution in [0.3, 0.4) is 0 Å². The Morgan fingerprint density at radius 3 is 2.43 bits per heavy atom. The fraction of sp³-hybridized carbons (Fsp3) is 0.765. The Morgan fingerprint density at radius 1 is 1.26 bits per heavy atom. The van der Waals surface area contributed by atoms with Crippen LogP contribution in [0.5, 0.6) is 0 Å². The first-order valence-corrected chi connectivity index (χ1v) is 8.56. The lowest BCUT2D eigenvalue weighted by Gasteiger charge is -2.22. The molecule has 2 fully saturated rings. The maximum absolute atomic E-state index is 5.22. The van der Waals surface area contributed by atoms with E-state index in [-0.39, 0.29) is 24.0 Å². The second-order valence-corrected chi connectivity index (χ2v) is 6.74. The maximum atomic E-state index is 5.22. The van der Waals surface area contributed by atoms with Crippen LogP contribution in [0.4, 0.5) is 0 Å². The molecule has 2 aliphatic rings. The van der Waals surface area contributed by atoms with E-state index in [1.165, 1.54) is 44.3 Å². The molecule has 1 aromatic heterocycles. The van der Waals surface area contributed by atoms with E-state index < -0.39 is 0 Å². The molecule has 2 heterocycles. The average molecular weight is 432 g/mol. The van der Waals surface area contributed by atoms with Gasteiger partial charge in [0.1, 0.15) is 5.76 Å². The highest BCUT2D eigenvalue weighted by Gasteiger charge is 2.35. The molecular formula is C17H29IN4O. The van der Waals surface area contributed by atoms with Crippen molar-refractivity contribution >= 4 is 29.9 Å². The summed E-state index contributed by atoms with van der Waals surface area (Å²) in [6, 6.07) is 0. The van der Waals surface area contributed by atoms with Gasteiger partial charge in [-0.25, -0.2) is 0 Å². The normalized spacial score (nSPS) is 24.3. The van der Waals surface area contributed by atoms with Crippen LogP contribution in [0.25, 0.3) is 0 Å². The third kappa shape index (κ3) is 4.19. The van der Waals surface area contributed by atoms with E-state index in [2.05, 4.69) is 20.4 Å². The Morgan fingerprint density at radius 2 is 1.91 bits per heavy atom. The second kappa shape index (κ2) is 8.35. The highest BCUT2D eigenvalue weighted by Crippen LogP contribution is 2.35. The lowest BCUT2D eigenvalue weighted by Crippen LogP contribution is -2.41. The molecule has 1 aromatic rings. The molecule has 0 spiro atoms. The zero-order chi connectivity index (χ0) is 15.5. The number of rotatable bonds is 3. The predicted octanol–water partition coefficient (Wildman–Crippen LogP) is 3.15. The molecule has 1 aliphatic heterocycles. The summed E-state index contributed by atoms with van der Waals surface area (Å²) < 4.78 is 5.22. The van der Waals surface area contributed by atoms with Gasteiger partial charge in [0.15, 0.2) is 5.96 Å². The van der Waals surface area contributed by atoms with Crippen molar-refractivity contribution in [1.29, 1.82) is 0 Å². The van der Waals surface area contributed by atoms with Gasteiger partial charge in [-0.1, -0.05) is 18.0 Å². The van der Waals surface area contributed by atoms with Crippen LogP contribution >= 0.6 is 24.0 Å². The molecule has 1 saturated heterocycles. The fourth-order valence-corrected chi connectivity index (χ4v) is 4.07. The van der Waals surface area contributed by atoms with Crippen LogP contribution < -0.4 is 5.32 Å². The number of likely N-dealkylation sites (tertiary alicyclic amines) is 1. The van der Waals surface area contributed by atoms with E-state index >= 15 is 0 Å². The lowest BCUT2D eigenvalue weighted by molar-refractivity contribution is 0.299. The van der Waals surface area contributed by atoms with Crippen LogP contribution in [0.1, 0.15) is 42.7 Å². The van der Waals surface area contributed by atoms with Crippen LogP contribution in [-0.4, -0.2) is 42.7 Å². The Bertz CT molecular complexity index is 509. The summed E-state index contributed by atoms with van der Waals surface area (Å²) in [5, 5.41) is 7.54. The van der Waals surface area contributed by atoms with Gasteiger partial charge in [0, 0.05) is 32.2 Å². The molecule has 23 heavy (non-hydrogen) atoms. The van der Waals surface area contributed by atoms with Gasteiger partial charge >= 0.3 is 0 Å². The van der Waals surface area contributed by atoms with Crippen molar-refractivity contribution in [3.63, 3.8) is 0 Å².